The summed E-state index contributed by atoms with van der Waals surface area (Å²) in [6, 6.07) is 13.7. The van der Waals surface area contributed by atoms with Crippen LogP contribution < -0.4 is 20.7 Å². The van der Waals surface area contributed by atoms with Crippen molar-refractivity contribution in [3.8, 4) is 11.5 Å². The number of ether oxygens (including phenoxy) is 2. The van der Waals surface area contributed by atoms with E-state index in [1.165, 1.54) is 7.11 Å². The maximum Gasteiger partial charge on any atom is 0.169 e. The molecule has 0 spiro atoms. The Labute approximate surface area is 117 Å². The minimum Gasteiger partial charge on any atom is -0.494 e. The van der Waals surface area contributed by atoms with Gasteiger partial charge in [0.15, 0.2) is 11.6 Å². The van der Waals surface area contributed by atoms with Crippen molar-refractivity contribution in [2.45, 2.75) is 6.04 Å². The topological polar surface area (TPSA) is 56.5 Å². The molecule has 2 aromatic rings. The highest BCUT2D eigenvalue weighted by molar-refractivity contribution is 5.33. The molecule has 0 saturated carbocycles. The Bertz CT molecular complexity index is 549. The summed E-state index contributed by atoms with van der Waals surface area (Å²) in [6.07, 6.45) is 0. The van der Waals surface area contributed by atoms with Gasteiger partial charge < -0.3 is 9.47 Å². The first-order valence-electron chi connectivity index (χ1n) is 6.22. The van der Waals surface area contributed by atoms with Crippen LogP contribution in [0, 0.1) is 5.82 Å². The first-order valence-corrected chi connectivity index (χ1v) is 6.22. The first-order chi connectivity index (χ1) is 9.76. The van der Waals surface area contributed by atoms with Crippen LogP contribution in [0.1, 0.15) is 11.6 Å². The molecule has 106 valence electrons. The Morgan fingerprint density at radius 3 is 2.55 bits per heavy atom. The summed E-state index contributed by atoms with van der Waals surface area (Å²) in [4.78, 5) is 0. The lowest BCUT2D eigenvalue weighted by molar-refractivity contribution is 0.262. The van der Waals surface area contributed by atoms with Crippen LogP contribution in [0.4, 0.5) is 4.39 Å². The fraction of sp³-hybridized carbons (Fsp3) is 0.200. The minimum atomic E-state index is -0.467. The van der Waals surface area contributed by atoms with Crippen molar-refractivity contribution in [3.05, 3.63) is 59.9 Å². The molecular weight excluding hydrogens is 259 g/mol. The smallest absolute Gasteiger partial charge is 0.169 e. The molecule has 0 aliphatic carbocycles. The number of para-hydroxylation sites is 1. The number of nitrogens with one attached hydrogen (secondary N) is 1. The van der Waals surface area contributed by atoms with Gasteiger partial charge in [-0.2, -0.15) is 0 Å². The van der Waals surface area contributed by atoms with Crippen LogP contribution in [0.25, 0.3) is 0 Å². The van der Waals surface area contributed by atoms with E-state index < -0.39 is 11.9 Å². The fourth-order valence-corrected chi connectivity index (χ4v) is 1.88. The molecular formula is C15H17FN2O2. The van der Waals surface area contributed by atoms with Gasteiger partial charge in [0, 0.05) is 5.56 Å². The molecule has 20 heavy (non-hydrogen) atoms. The summed E-state index contributed by atoms with van der Waals surface area (Å²) >= 11 is 0. The van der Waals surface area contributed by atoms with Crippen molar-refractivity contribution in [2.24, 2.45) is 5.84 Å². The molecule has 2 rings (SSSR count). The molecule has 5 heteroatoms. The average molecular weight is 276 g/mol. The molecule has 0 heterocycles. The quantitative estimate of drug-likeness (QED) is 0.628. The highest BCUT2D eigenvalue weighted by Crippen LogP contribution is 2.25. The lowest BCUT2D eigenvalue weighted by Gasteiger charge is -2.18. The van der Waals surface area contributed by atoms with Crippen molar-refractivity contribution in [3.63, 3.8) is 0 Å². The van der Waals surface area contributed by atoms with E-state index in [0.717, 1.165) is 0 Å². The molecule has 2 aromatic carbocycles. The summed E-state index contributed by atoms with van der Waals surface area (Å²) in [6.45, 7) is 0.213. The number of halogens is 1. The molecule has 0 radical (unpaired) electrons. The standard InChI is InChI=1S/C15H17FN2O2/c1-19-14-9-5-8-12(15(14)16)13(18-17)10-20-11-6-3-2-4-7-11/h2-9,13,18H,10,17H2,1H3. The zero-order chi connectivity index (χ0) is 14.4. The van der Waals surface area contributed by atoms with Crippen LogP contribution >= 0.6 is 0 Å². The van der Waals surface area contributed by atoms with E-state index in [0.29, 0.717) is 11.3 Å². The van der Waals surface area contributed by atoms with Gasteiger partial charge in [-0.3, -0.25) is 5.84 Å². The van der Waals surface area contributed by atoms with Crippen LogP contribution in [0.3, 0.4) is 0 Å². The summed E-state index contributed by atoms with van der Waals surface area (Å²) in [5.74, 6) is 5.94. The van der Waals surface area contributed by atoms with Crippen molar-refractivity contribution in [1.29, 1.82) is 0 Å². The summed E-state index contributed by atoms with van der Waals surface area (Å²) in [7, 11) is 1.42. The number of methoxy groups -OCH3 is 1. The van der Waals surface area contributed by atoms with E-state index >= 15 is 0 Å². The van der Waals surface area contributed by atoms with Crippen molar-refractivity contribution in [1.82, 2.24) is 5.43 Å². The van der Waals surface area contributed by atoms with Crippen molar-refractivity contribution >= 4 is 0 Å². The molecule has 0 amide bonds. The van der Waals surface area contributed by atoms with Crippen molar-refractivity contribution in [2.75, 3.05) is 13.7 Å². The van der Waals surface area contributed by atoms with E-state index in [-0.39, 0.29) is 12.4 Å². The Morgan fingerprint density at radius 2 is 1.90 bits per heavy atom. The van der Waals surface area contributed by atoms with Crippen LogP contribution in [-0.4, -0.2) is 13.7 Å². The van der Waals surface area contributed by atoms with Gasteiger partial charge in [0.25, 0.3) is 0 Å². The SMILES string of the molecule is COc1cccc(C(COc2ccccc2)NN)c1F. The van der Waals surface area contributed by atoms with Crippen LogP contribution in [0.15, 0.2) is 48.5 Å². The fourth-order valence-electron chi connectivity index (χ4n) is 1.88. The lowest BCUT2D eigenvalue weighted by Crippen LogP contribution is -2.33. The Hall–Kier alpha value is -2.11. The zero-order valence-corrected chi connectivity index (χ0v) is 11.2. The third-order valence-electron chi connectivity index (χ3n) is 2.95. The number of hydrogen-bond donors (Lipinski definition) is 2. The van der Waals surface area contributed by atoms with E-state index in [2.05, 4.69) is 5.43 Å². The number of rotatable bonds is 6. The summed E-state index contributed by atoms with van der Waals surface area (Å²) in [5, 5.41) is 0. The van der Waals surface area contributed by atoms with Crippen LogP contribution in [0.2, 0.25) is 0 Å². The number of hydrazine groups is 1. The van der Waals surface area contributed by atoms with Gasteiger partial charge in [-0.25, -0.2) is 9.82 Å². The number of nitrogens with two attached hydrogens (primary N) is 1. The van der Waals surface area contributed by atoms with Gasteiger partial charge in [0.05, 0.1) is 13.2 Å². The predicted octanol–water partition coefficient (Wildman–Crippen LogP) is 2.42. The van der Waals surface area contributed by atoms with Gasteiger partial charge in [0.2, 0.25) is 0 Å². The molecule has 0 fully saturated rings. The third kappa shape index (κ3) is 3.26. The van der Waals surface area contributed by atoms with Crippen molar-refractivity contribution < 1.29 is 13.9 Å². The largest absolute Gasteiger partial charge is 0.494 e. The lowest BCUT2D eigenvalue weighted by atomic mass is 10.1. The second kappa shape index (κ2) is 6.88. The Balaban J connectivity index is 2.12. The van der Waals surface area contributed by atoms with Gasteiger partial charge in [0.1, 0.15) is 12.4 Å². The number of hydrogen-bond acceptors (Lipinski definition) is 4. The highest BCUT2D eigenvalue weighted by atomic mass is 19.1. The highest BCUT2D eigenvalue weighted by Gasteiger charge is 2.18. The molecule has 1 atom stereocenters. The van der Waals surface area contributed by atoms with Gasteiger partial charge >= 0.3 is 0 Å². The Kier molecular flexibility index (Phi) is 4.92. The maximum atomic E-state index is 14.2. The number of benzene rings is 2. The van der Waals surface area contributed by atoms with Gasteiger partial charge in [-0.1, -0.05) is 30.3 Å². The maximum absolute atomic E-state index is 14.2. The molecule has 0 saturated heterocycles. The second-order valence-electron chi connectivity index (χ2n) is 4.21. The van der Waals surface area contributed by atoms with Crippen LogP contribution in [0.5, 0.6) is 11.5 Å². The van der Waals surface area contributed by atoms with Gasteiger partial charge in [-0.15, -0.1) is 0 Å². The summed E-state index contributed by atoms with van der Waals surface area (Å²) in [5.41, 5.74) is 2.97. The average Bonchev–Trinajstić information content (AvgIpc) is 2.50. The van der Waals surface area contributed by atoms with E-state index in [4.69, 9.17) is 15.3 Å². The third-order valence-corrected chi connectivity index (χ3v) is 2.95. The van der Waals surface area contributed by atoms with Gasteiger partial charge in [-0.05, 0) is 18.2 Å². The monoisotopic (exact) mass is 276 g/mol. The molecule has 1 unspecified atom stereocenters. The molecule has 0 aliphatic heterocycles. The summed E-state index contributed by atoms with van der Waals surface area (Å²) < 4.78 is 24.7. The van der Waals surface area contributed by atoms with E-state index in [9.17, 15) is 4.39 Å². The second-order valence-corrected chi connectivity index (χ2v) is 4.21. The molecule has 0 bridgehead atoms. The zero-order valence-electron chi connectivity index (χ0n) is 11.2. The van der Waals surface area contributed by atoms with E-state index in [1.54, 1.807) is 18.2 Å². The van der Waals surface area contributed by atoms with E-state index in [1.807, 2.05) is 30.3 Å². The first kappa shape index (κ1) is 14.3. The molecule has 3 N–H and O–H groups in total. The molecule has 4 nitrogen and oxygen atoms in total. The predicted molar refractivity (Wildman–Crippen MR) is 75.0 cm³/mol. The Morgan fingerprint density at radius 1 is 1.15 bits per heavy atom. The minimum absolute atomic E-state index is 0.183. The molecule has 0 aliphatic rings. The molecule has 0 aromatic heterocycles. The van der Waals surface area contributed by atoms with Crippen LogP contribution in [-0.2, 0) is 0 Å². The normalized spacial score (nSPS) is 11.9.